The van der Waals surface area contributed by atoms with E-state index in [0.717, 1.165) is 11.4 Å². The van der Waals surface area contributed by atoms with Crippen LogP contribution in [0.25, 0.3) is 0 Å². The highest BCUT2D eigenvalue weighted by Gasteiger charge is 2.06. The summed E-state index contributed by atoms with van der Waals surface area (Å²) in [6, 6.07) is 24.3. The molecule has 0 fully saturated rings. The van der Waals surface area contributed by atoms with Crippen LogP contribution >= 0.6 is 0 Å². The van der Waals surface area contributed by atoms with E-state index in [1.165, 1.54) is 0 Å². The van der Waals surface area contributed by atoms with Gasteiger partial charge in [-0.3, -0.25) is 4.79 Å². The highest BCUT2D eigenvalue weighted by molar-refractivity contribution is 5.94. The summed E-state index contributed by atoms with van der Waals surface area (Å²) in [4.78, 5) is 12.2. The van der Waals surface area contributed by atoms with Gasteiger partial charge in [0, 0.05) is 5.69 Å². The van der Waals surface area contributed by atoms with Crippen molar-refractivity contribution in [2.24, 2.45) is 0 Å². The number of hydrogen-bond acceptors (Lipinski definition) is 5. The summed E-state index contributed by atoms with van der Waals surface area (Å²) in [5, 5.41) is 5.91. The quantitative estimate of drug-likeness (QED) is 0.506. The number of nitrogens with one attached hydrogen (secondary N) is 2. The molecule has 150 valence electrons. The standard InChI is InChI=1S/C23H24N2O4/c1-27-22-10-6-5-9-21(22)24-17-23(26)25-18-11-13-20(14-12-18)29-16-15-28-19-7-3-2-4-8-19/h2-14,24H,15-17H2,1H3,(H,25,26). The van der Waals surface area contributed by atoms with Crippen LogP contribution in [0.2, 0.25) is 0 Å². The van der Waals surface area contributed by atoms with Gasteiger partial charge >= 0.3 is 0 Å². The van der Waals surface area contributed by atoms with Gasteiger partial charge in [0.15, 0.2) is 0 Å². The smallest absolute Gasteiger partial charge is 0.243 e. The SMILES string of the molecule is COc1ccccc1NCC(=O)Nc1ccc(OCCOc2ccccc2)cc1. The van der Waals surface area contributed by atoms with Crippen molar-refractivity contribution in [1.29, 1.82) is 0 Å². The maximum absolute atomic E-state index is 12.2. The molecule has 0 atom stereocenters. The molecular formula is C23H24N2O4. The van der Waals surface area contributed by atoms with Gasteiger partial charge in [0.1, 0.15) is 30.5 Å². The molecule has 0 spiro atoms. The molecule has 0 heterocycles. The van der Waals surface area contributed by atoms with E-state index < -0.39 is 0 Å². The highest BCUT2D eigenvalue weighted by Crippen LogP contribution is 2.22. The Labute approximate surface area is 170 Å². The monoisotopic (exact) mass is 392 g/mol. The summed E-state index contributed by atoms with van der Waals surface area (Å²) in [5.41, 5.74) is 1.47. The number of benzene rings is 3. The van der Waals surface area contributed by atoms with E-state index in [9.17, 15) is 4.79 Å². The lowest BCUT2D eigenvalue weighted by Crippen LogP contribution is -2.21. The van der Waals surface area contributed by atoms with E-state index in [2.05, 4.69) is 10.6 Å². The molecular weight excluding hydrogens is 368 g/mol. The Bertz CT molecular complexity index is 898. The Hall–Kier alpha value is -3.67. The predicted molar refractivity (Wildman–Crippen MR) is 114 cm³/mol. The number of hydrogen-bond donors (Lipinski definition) is 2. The van der Waals surface area contributed by atoms with Crippen molar-refractivity contribution >= 4 is 17.3 Å². The van der Waals surface area contributed by atoms with Crippen LogP contribution in [-0.4, -0.2) is 32.8 Å². The molecule has 0 aliphatic rings. The van der Waals surface area contributed by atoms with Crippen LogP contribution in [0.15, 0.2) is 78.9 Å². The molecule has 0 aliphatic heterocycles. The van der Waals surface area contributed by atoms with Crippen LogP contribution in [0, 0.1) is 0 Å². The molecule has 3 aromatic carbocycles. The summed E-state index contributed by atoms with van der Waals surface area (Å²) >= 11 is 0. The molecule has 0 radical (unpaired) electrons. The number of carbonyl (C=O) groups excluding carboxylic acids is 1. The molecule has 6 nitrogen and oxygen atoms in total. The molecule has 3 aromatic rings. The first-order valence-electron chi connectivity index (χ1n) is 9.32. The summed E-state index contributed by atoms with van der Waals surface area (Å²) in [5.74, 6) is 2.07. The molecule has 0 aromatic heterocycles. The number of amides is 1. The first-order valence-corrected chi connectivity index (χ1v) is 9.32. The van der Waals surface area contributed by atoms with E-state index in [1.807, 2.05) is 66.7 Å². The summed E-state index contributed by atoms with van der Waals surface area (Å²) in [6.07, 6.45) is 0. The van der Waals surface area contributed by atoms with Crippen molar-refractivity contribution < 1.29 is 19.0 Å². The maximum Gasteiger partial charge on any atom is 0.243 e. The number of rotatable bonds is 10. The first kappa shape index (κ1) is 20.1. The van der Waals surface area contributed by atoms with Gasteiger partial charge in [-0.25, -0.2) is 0 Å². The summed E-state index contributed by atoms with van der Waals surface area (Å²) in [7, 11) is 1.60. The molecule has 3 rings (SSSR count). The molecule has 0 aliphatic carbocycles. The number of ether oxygens (including phenoxy) is 3. The number of anilines is 2. The second-order valence-electron chi connectivity index (χ2n) is 6.14. The second kappa shape index (κ2) is 10.6. The number of carbonyl (C=O) groups is 1. The fourth-order valence-electron chi connectivity index (χ4n) is 2.64. The van der Waals surface area contributed by atoms with E-state index in [1.54, 1.807) is 19.2 Å². The third-order valence-corrected chi connectivity index (χ3v) is 4.05. The number of para-hydroxylation sites is 3. The fourth-order valence-corrected chi connectivity index (χ4v) is 2.64. The largest absolute Gasteiger partial charge is 0.495 e. The van der Waals surface area contributed by atoms with E-state index in [0.29, 0.717) is 30.4 Å². The van der Waals surface area contributed by atoms with E-state index in [4.69, 9.17) is 14.2 Å². The van der Waals surface area contributed by atoms with Gasteiger partial charge < -0.3 is 24.8 Å². The van der Waals surface area contributed by atoms with Crippen molar-refractivity contribution in [2.75, 3.05) is 37.5 Å². The molecule has 0 bridgehead atoms. The Balaban J connectivity index is 1.39. The predicted octanol–water partition coefficient (Wildman–Crippen LogP) is 4.20. The zero-order valence-electron chi connectivity index (χ0n) is 16.3. The van der Waals surface area contributed by atoms with Gasteiger partial charge in [-0.15, -0.1) is 0 Å². The zero-order valence-corrected chi connectivity index (χ0v) is 16.3. The average molecular weight is 392 g/mol. The molecule has 0 unspecified atom stereocenters. The third-order valence-electron chi connectivity index (χ3n) is 4.05. The second-order valence-corrected chi connectivity index (χ2v) is 6.14. The van der Waals surface area contributed by atoms with Gasteiger partial charge in [0.25, 0.3) is 0 Å². The van der Waals surface area contributed by atoms with Crippen LogP contribution in [0.3, 0.4) is 0 Å². The molecule has 0 saturated carbocycles. The normalized spacial score (nSPS) is 10.1. The van der Waals surface area contributed by atoms with Gasteiger partial charge in [-0.05, 0) is 48.5 Å². The Morgan fingerprint density at radius 1 is 0.793 bits per heavy atom. The minimum Gasteiger partial charge on any atom is -0.495 e. The van der Waals surface area contributed by atoms with Crippen LogP contribution < -0.4 is 24.8 Å². The first-order chi connectivity index (χ1) is 14.2. The third kappa shape index (κ3) is 6.46. The lowest BCUT2D eigenvalue weighted by molar-refractivity contribution is -0.114. The minimum absolute atomic E-state index is 0.134. The summed E-state index contributed by atoms with van der Waals surface area (Å²) < 4.78 is 16.5. The van der Waals surface area contributed by atoms with Crippen LogP contribution in [0.5, 0.6) is 17.2 Å². The van der Waals surface area contributed by atoms with Crippen molar-refractivity contribution in [3.8, 4) is 17.2 Å². The topological polar surface area (TPSA) is 68.8 Å². The lowest BCUT2D eigenvalue weighted by Gasteiger charge is -2.11. The Kier molecular flexibility index (Phi) is 7.34. The zero-order chi connectivity index (χ0) is 20.3. The van der Waals surface area contributed by atoms with Crippen molar-refractivity contribution in [2.45, 2.75) is 0 Å². The molecule has 2 N–H and O–H groups in total. The average Bonchev–Trinajstić information content (AvgIpc) is 2.77. The highest BCUT2D eigenvalue weighted by atomic mass is 16.5. The molecule has 6 heteroatoms. The molecule has 29 heavy (non-hydrogen) atoms. The van der Waals surface area contributed by atoms with Gasteiger partial charge in [-0.2, -0.15) is 0 Å². The van der Waals surface area contributed by atoms with Gasteiger partial charge in [0.05, 0.1) is 19.3 Å². The van der Waals surface area contributed by atoms with Crippen molar-refractivity contribution in [3.05, 3.63) is 78.9 Å². The number of methoxy groups -OCH3 is 1. The van der Waals surface area contributed by atoms with Crippen LogP contribution in [0.1, 0.15) is 0 Å². The van der Waals surface area contributed by atoms with Crippen LogP contribution in [0.4, 0.5) is 11.4 Å². The van der Waals surface area contributed by atoms with Gasteiger partial charge in [-0.1, -0.05) is 30.3 Å². The van der Waals surface area contributed by atoms with E-state index >= 15 is 0 Å². The van der Waals surface area contributed by atoms with Crippen molar-refractivity contribution in [1.82, 2.24) is 0 Å². The van der Waals surface area contributed by atoms with E-state index in [-0.39, 0.29) is 12.5 Å². The minimum atomic E-state index is -0.152. The molecule has 1 amide bonds. The fraction of sp³-hybridized carbons (Fsp3) is 0.174. The van der Waals surface area contributed by atoms with Crippen molar-refractivity contribution in [3.63, 3.8) is 0 Å². The Morgan fingerprint density at radius 3 is 2.10 bits per heavy atom. The maximum atomic E-state index is 12.2. The molecule has 0 saturated heterocycles. The lowest BCUT2D eigenvalue weighted by atomic mass is 10.3. The Morgan fingerprint density at radius 2 is 1.41 bits per heavy atom. The summed E-state index contributed by atoms with van der Waals surface area (Å²) in [6.45, 7) is 1.02. The van der Waals surface area contributed by atoms with Crippen LogP contribution in [-0.2, 0) is 4.79 Å². The van der Waals surface area contributed by atoms with Gasteiger partial charge in [0.2, 0.25) is 5.91 Å².